The van der Waals surface area contributed by atoms with Crippen molar-refractivity contribution >= 4 is 11.6 Å². The quantitative estimate of drug-likeness (QED) is 0.853. The molecule has 0 heterocycles. The van der Waals surface area contributed by atoms with Crippen molar-refractivity contribution < 1.29 is 14.3 Å². The molecule has 1 aromatic rings. The highest BCUT2D eigenvalue weighted by Gasteiger charge is 2.51. The standard InChI is InChI=1S/C21H29NO3/c1-13-4-18(24-2)19(25-3)8-17(13)22-20(23)12-21-9-14-5-15(10-21)7-16(6-14)11-21/h4,8,14-16H,5-7,9-12H2,1-3H3,(H,22,23). The van der Waals surface area contributed by atoms with Crippen molar-refractivity contribution in [2.45, 2.75) is 51.9 Å². The first-order valence-electron chi connectivity index (χ1n) is 9.53. The Balaban J connectivity index is 1.48. The Morgan fingerprint density at radius 3 is 2.08 bits per heavy atom. The van der Waals surface area contributed by atoms with Crippen LogP contribution in [0.4, 0.5) is 5.69 Å². The van der Waals surface area contributed by atoms with Crippen LogP contribution < -0.4 is 14.8 Å². The van der Waals surface area contributed by atoms with Gasteiger partial charge in [0.15, 0.2) is 11.5 Å². The molecule has 0 atom stereocenters. The largest absolute Gasteiger partial charge is 0.493 e. The van der Waals surface area contributed by atoms with E-state index >= 15 is 0 Å². The second-order valence-corrected chi connectivity index (χ2v) is 8.66. The number of benzene rings is 1. The molecule has 0 aliphatic heterocycles. The van der Waals surface area contributed by atoms with E-state index in [9.17, 15) is 4.79 Å². The van der Waals surface area contributed by atoms with Crippen LogP contribution in [0.1, 0.15) is 50.5 Å². The maximum absolute atomic E-state index is 12.8. The minimum absolute atomic E-state index is 0.150. The second kappa shape index (κ2) is 6.22. The Morgan fingerprint density at radius 1 is 1.04 bits per heavy atom. The van der Waals surface area contributed by atoms with Gasteiger partial charge in [-0.1, -0.05) is 0 Å². The summed E-state index contributed by atoms with van der Waals surface area (Å²) >= 11 is 0. The van der Waals surface area contributed by atoms with Crippen LogP contribution in [0.3, 0.4) is 0 Å². The summed E-state index contributed by atoms with van der Waals surface area (Å²) in [7, 11) is 3.25. The number of hydrogen-bond donors (Lipinski definition) is 1. The minimum atomic E-state index is 0.150. The van der Waals surface area contributed by atoms with Gasteiger partial charge in [0.2, 0.25) is 5.91 Å². The van der Waals surface area contributed by atoms with Crippen LogP contribution in [0.2, 0.25) is 0 Å². The maximum Gasteiger partial charge on any atom is 0.224 e. The predicted octanol–water partition coefficient (Wildman–Crippen LogP) is 4.56. The first kappa shape index (κ1) is 16.7. The summed E-state index contributed by atoms with van der Waals surface area (Å²) in [6, 6.07) is 3.78. The highest BCUT2D eigenvalue weighted by atomic mass is 16.5. The van der Waals surface area contributed by atoms with Gasteiger partial charge in [-0.2, -0.15) is 0 Å². The Hall–Kier alpha value is -1.71. The molecule has 1 aromatic carbocycles. The van der Waals surface area contributed by atoms with E-state index in [1.165, 1.54) is 38.5 Å². The summed E-state index contributed by atoms with van der Waals surface area (Å²) in [6.07, 6.45) is 8.69. The van der Waals surface area contributed by atoms with Crippen molar-refractivity contribution in [1.29, 1.82) is 0 Å². The van der Waals surface area contributed by atoms with Crippen LogP contribution in [0.15, 0.2) is 12.1 Å². The number of methoxy groups -OCH3 is 2. The molecule has 1 N–H and O–H groups in total. The first-order chi connectivity index (χ1) is 12.0. The maximum atomic E-state index is 12.8. The van der Waals surface area contributed by atoms with Crippen LogP contribution in [0.25, 0.3) is 0 Å². The normalized spacial score (nSPS) is 32.5. The number of hydrogen-bond acceptors (Lipinski definition) is 3. The first-order valence-corrected chi connectivity index (χ1v) is 9.53. The predicted molar refractivity (Wildman–Crippen MR) is 98.1 cm³/mol. The van der Waals surface area contributed by atoms with Gasteiger partial charge in [0.25, 0.3) is 0 Å². The van der Waals surface area contributed by atoms with Gasteiger partial charge in [-0.05, 0) is 80.2 Å². The second-order valence-electron chi connectivity index (χ2n) is 8.66. The van der Waals surface area contributed by atoms with Crippen LogP contribution >= 0.6 is 0 Å². The van der Waals surface area contributed by atoms with Crippen molar-refractivity contribution in [2.75, 3.05) is 19.5 Å². The van der Waals surface area contributed by atoms with Crippen molar-refractivity contribution in [3.8, 4) is 11.5 Å². The average Bonchev–Trinajstić information content (AvgIpc) is 2.54. The summed E-state index contributed by atoms with van der Waals surface area (Å²) in [4.78, 5) is 12.8. The van der Waals surface area contributed by atoms with Crippen molar-refractivity contribution in [3.05, 3.63) is 17.7 Å². The molecule has 4 heteroatoms. The van der Waals surface area contributed by atoms with Crippen molar-refractivity contribution in [1.82, 2.24) is 0 Å². The molecule has 1 amide bonds. The number of carbonyl (C=O) groups is 1. The van der Waals surface area contributed by atoms with Crippen molar-refractivity contribution in [2.24, 2.45) is 23.2 Å². The lowest BCUT2D eigenvalue weighted by Gasteiger charge is -2.56. The number of carbonyl (C=O) groups excluding carboxylic acids is 1. The highest BCUT2D eigenvalue weighted by molar-refractivity contribution is 5.92. The molecule has 5 rings (SSSR count). The molecular weight excluding hydrogens is 314 g/mol. The van der Waals surface area contributed by atoms with Crippen LogP contribution in [-0.4, -0.2) is 20.1 Å². The molecule has 0 spiro atoms. The Morgan fingerprint density at radius 2 is 1.56 bits per heavy atom. The zero-order valence-electron chi connectivity index (χ0n) is 15.6. The van der Waals surface area contributed by atoms with Gasteiger partial charge >= 0.3 is 0 Å². The molecule has 4 saturated carbocycles. The molecule has 0 unspecified atom stereocenters. The fraction of sp³-hybridized carbons (Fsp3) is 0.667. The zero-order chi connectivity index (χ0) is 17.6. The Bertz CT molecular complexity index is 647. The third-order valence-electron chi connectivity index (χ3n) is 6.71. The number of amides is 1. The molecule has 0 radical (unpaired) electrons. The van der Waals surface area contributed by atoms with Gasteiger partial charge in [0, 0.05) is 18.2 Å². The smallest absolute Gasteiger partial charge is 0.224 e. The number of nitrogens with one attached hydrogen (secondary N) is 1. The fourth-order valence-corrected chi connectivity index (χ4v) is 6.16. The Labute approximate surface area is 150 Å². The summed E-state index contributed by atoms with van der Waals surface area (Å²) in [6.45, 7) is 1.99. The highest BCUT2D eigenvalue weighted by Crippen LogP contribution is 2.61. The summed E-state index contributed by atoms with van der Waals surface area (Å²) in [5.41, 5.74) is 2.09. The minimum Gasteiger partial charge on any atom is -0.493 e. The van der Waals surface area contributed by atoms with E-state index in [1.807, 2.05) is 19.1 Å². The molecule has 4 fully saturated rings. The lowest BCUT2D eigenvalue weighted by Crippen LogP contribution is -2.47. The van der Waals surface area contributed by atoms with Gasteiger partial charge in [0.1, 0.15) is 0 Å². The van der Waals surface area contributed by atoms with Gasteiger partial charge in [-0.15, -0.1) is 0 Å². The summed E-state index contributed by atoms with van der Waals surface area (Å²) < 4.78 is 10.7. The molecule has 4 aliphatic carbocycles. The van der Waals surface area contributed by atoms with E-state index in [1.54, 1.807) is 14.2 Å². The number of rotatable bonds is 5. The van der Waals surface area contributed by atoms with E-state index in [4.69, 9.17) is 9.47 Å². The van der Waals surface area contributed by atoms with E-state index < -0.39 is 0 Å². The SMILES string of the molecule is COc1cc(C)c(NC(=O)CC23CC4CC(CC(C4)C2)C3)cc1OC. The molecule has 25 heavy (non-hydrogen) atoms. The molecule has 4 bridgehead atoms. The number of anilines is 1. The van der Waals surface area contributed by atoms with E-state index in [0.717, 1.165) is 29.0 Å². The molecule has 136 valence electrons. The zero-order valence-corrected chi connectivity index (χ0v) is 15.6. The molecule has 4 aliphatic rings. The molecular formula is C21H29NO3. The molecule has 0 saturated heterocycles. The number of ether oxygens (including phenoxy) is 2. The van der Waals surface area contributed by atoms with E-state index in [-0.39, 0.29) is 11.3 Å². The third-order valence-corrected chi connectivity index (χ3v) is 6.71. The van der Waals surface area contributed by atoms with Crippen molar-refractivity contribution in [3.63, 3.8) is 0 Å². The Kier molecular flexibility index (Phi) is 4.17. The fourth-order valence-electron chi connectivity index (χ4n) is 6.16. The summed E-state index contributed by atoms with van der Waals surface area (Å²) in [5, 5.41) is 3.14. The monoisotopic (exact) mass is 343 g/mol. The van der Waals surface area contributed by atoms with Crippen LogP contribution in [-0.2, 0) is 4.79 Å². The molecule has 0 aromatic heterocycles. The lowest BCUT2D eigenvalue weighted by atomic mass is 9.49. The average molecular weight is 343 g/mol. The van der Waals surface area contributed by atoms with Crippen LogP contribution in [0.5, 0.6) is 11.5 Å². The van der Waals surface area contributed by atoms with Gasteiger partial charge in [-0.3, -0.25) is 4.79 Å². The topological polar surface area (TPSA) is 47.6 Å². The molecule has 4 nitrogen and oxygen atoms in total. The van der Waals surface area contributed by atoms with E-state index in [0.29, 0.717) is 17.9 Å². The third kappa shape index (κ3) is 3.11. The van der Waals surface area contributed by atoms with E-state index in [2.05, 4.69) is 5.32 Å². The van der Waals surface area contributed by atoms with Crippen LogP contribution in [0, 0.1) is 30.1 Å². The lowest BCUT2D eigenvalue weighted by molar-refractivity contribution is -0.124. The van der Waals surface area contributed by atoms with Gasteiger partial charge in [-0.25, -0.2) is 0 Å². The number of aryl methyl sites for hydroxylation is 1. The van der Waals surface area contributed by atoms with Gasteiger partial charge < -0.3 is 14.8 Å². The van der Waals surface area contributed by atoms with Gasteiger partial charge in [0.05, 0.1) is 14.2 Å². The summed E-state index contributed by atoms with van der Waals surface area (Å²) in [5.74, 6) is 4.13.